The number of carbonyl (C=O) groups is 2. The third-order valence-electron chi connectivity index (χ3n) is 30.6. The Bertz CT molecular complexity index is 3170. The number of rotatable bonds is 5. The molecular formula is C75H95N3O5. The fourth-order valence-electron chi connectivity index (χ4n) is 28.4. The Kier molecular flexibility index (Phi) is 11.1. The molecule has 7 heterocycles. The number of ether oxygens (including phenoxy) is 2. The number of piperidine rings is 2. The van der Waals surface area contributed by atoms with Gasteiger partial charge in [0, 0.05) is 73.1 Å². The van der Waals surface area contributed by atoms with Crippen molar-refractivity contribution < 1.29 is 24.2 Å². The highest BCUT2D eigenvalue weighted by Gasteiger charge is 2.94. The number of hydrogen-bond donors (Lipinski definition) is 2. The van der Waals surface area contributed by atoms with Crippen LogP contribution in [0.5, 0.6) is 0 Å². The molecule has 6 spiro atoms. The third kappa shape index (κ3) is 6.13. The average Bonchev–Trinajstić information content (AvgIpc) is 1.49. The number of aryl methyl sites for hydroxylation is 1. The monoisotopic (exact) mass is 1120 g/mol. The molecule has 7 saturated carbocycles. The van der Waals surface area contributed by atoms with Gasteiger partial charge in [0.15, 0.2) is 11.4 Å². The van der Waals surface area contributed by atoms with Crippen LogP contribution in [0.3, 0.4) is 0 Å². The molecule has 0 amide bonds. The van der Waals surface area contributed by atoms with Crippen molar-refractivity contribution in [2.75, 3.05) is 19.6 Å². The van der Waals surface area contributed by atoms with E-state index in [-0.39, 0.29) is 47.1 Å². The molecule has 83 heavy (non-hydrogen) atoms. The van der Waals surface area contributed by atoms with Crippen molar-refractivity contribution in [2.45, 2.75) is 236 Å². The highest BCUT2D eigenvalue weighted by Crippen LogP contribution is 2.89. The molecule has 3 saturated heterocycles. The lowest BCUT2D eigenvalue weighted by Crippen LogP contribution is -2.78. The SMILES string of the molecule is NCCCc1cccc2c1C(=O)OC21C2CC(C3CCCC3)C=CC3CC4C5C6=C3C23C(=O)OC(=C(O)CC2C7CC8(CCCC8)C8(CCCC89CCCC9C#CCC8C9CC(CN82)C2CCC(=C5N2C9)CC4C2CCCCC2)C7)C31CC6. The van der Waals surface area contributed by atoms with Crippen LogP contribution in [0.1, 0.15) is 227 Å². The zero-order valence-electron chi connectivity index (χ0n) is 50.1. The summed E-state index contributed by atoms with van der Waals surface area (Å²) in [6, 6.07) is 7.49. The Hall–Kier alpha value is -3.80. The Morgan fingerprint density at radius 3 is 2.43 bits per heavy atom. The van der Waals surface area contributed by atoms with E-state index in [4.69, 9.17) is 15.2 Å². The molecule has 1 aromatic carbocycles. The van der Waals surface area contributed by atoms with E-state index in [0.717, 1.165) is 62.2 Å². The summed E-state index contributed by atoms with van der Waals surface area (Å²) in [5, 5.41) is 14.4. The number of nitrogens with zero attached hydrogens (tertiary/aromatic N) is 2. The summed E-state index contributed by atoms with van der Waals surface area (Å²) in [5.74, 6) is 13.7. The summed E-state index contributed by atoms with van der Waals surface area (Å²) in [4.78, 5) is 38.9. The maximum absolute atomic E-state index is 17.1. The summed E-state index contributed by atoms with van der Waals surface area (Å²) >= 11 is 0. The zero-order valence-corrected chi connectivity index (χ0v) is 50.1. The lowest BCUT2D eigenvalue weighted by Gasteiger charge is -2.73. The molecule has 0 radical (unpaired) electrons. The number of hydrogen-bond acceptors (Lipinski definition) is 8. The predicted octanol–water partition coefficient (Wildman–Crippen LogP) is 14.7. The second kappa shape index (κ2) is 17.9. The van der Waals surface area contributed by atoms with Crippen LogP contribution >= 0.6 is 0 Å². The van der Waals surface area contributed by atoms with Crippen LogP contribution in [0.4, 0.5) is 0 Å². The molecule has 11 aliphatic carbocycles. The zero-order chi connectivity index (χ0) is 55.0. The van der Waals surface area contributed by atoms with Gasteiger partial charge in [-0.2, -0.15) is 0 Å². The lowest BCUT2D eigenvalue weighted by atomic mass is 9.27. The van der Waals surface area contributed by atoms with E-state index in [1.165, 1.54) is 166 Å². The summed E-state index contributed by atoms with van der Waals surface area (Å²) in [6.45, 7) is 2.75. The van der Waals surface area contributed by atoms with Crippen molar-refractivity contribution >= 4 is 11.9 Å². The highest BCUT2D eigenvalue weighted by atomic mass is 16.6. The second-order valence-electron chi connectivity index (χ2n) is 32.6. The molecule has 18 unspecified atom stereocenters. The Morgan fingerprint density at radius 2 is 1.57 bits per heavy atom. The molecule has 10 bridgehead atoms. The second-order valence-corrected chi connectivity index (χ2v) is 32.6. The molecule has 8 nitrogen and oxygen atoms in total. The molecule has 7 aliphatic heterocycles. The van der Waals surface area contributed by atoms with Crippen LogP contribution in [0.25, 0.3) is 0 Å². The van der Waals surface area contributed by atoms with Crippen molar-refractivity contribution in [3.63, 3.8) is 0 Å². The molecular weight excluding hydrogens is 1020 g/mol. The van der Waals surface area contributed by atoms with Gasteiger partial charge in [0.05, 0.1) is 11.0 Å². The molecule has 18 aliphatic rings. The van der Waals surface area contributed by atoms with Crippen molar-refractivity contribution in [2.24, 2.45) is 104 Å². The fourth-order valence-corrected chi connectivity index (χ4v) is 28.4. The summed E-state index contributed by atoms with van der Waals surface area (Å²) in [7, 11) is 0. The number of aliphatic hydroxyl groups is 1. The first-order valence-corrected chi connectivity index (χ1v) is 35.5. The third-order valence-corrected chi connectivity index (χ3v) is 30.6. The smallest absolute Gasteiger partial charge is 0.339 e. The molecule has 8 heteroatoms. The van der Waals surface area contributed by atoms with Gasteiger partial charge in [0.2, 0.25) is 0 Å². The van der Waals surface area contributed by atoms with E-state index in [1.54, 1.807) is 16.8 Å². The van der Waals surface area contributed by atoms with Gasteiger partial charge in [0.25, 0.3) is 0 Å². The maximum atomic E-state index is 17.1. The van der Waals surface area contributed by atoms with Gasteiger partial charge in [-0.25, -0.2) is 4.79 Å². The number of nitrogens with two attached hydrogens (primary N) is 1. The topological polar surface area (TPSA) is 105 Å². The molecule has 18 atom stereocenters. The van der Waals surface area contributed by atoms with Gasteiger partial charge in [-0.1, -0.05) is 118 Å². The molecule has 1 aromatic rings. The number of benzene rings is 1. The minimum atomic E-state index is -1.16. The molecule has 3 N–H and O–H groups in total. The average molecular weight is 1120 g/mol. The molecule has 19 rings (SSSR count). The van der Waals surface area contributed by atoms with Gasteiger partial charge in [0.1, 0.15) is 11.2 Å². The minimum absolute atomic E-state index is 0.101. The Labute approximate surface area is 495 Å². The molecule has 10 fully saturated rings. The van der Waals surface area contributed by atoms with Gasteiger partial charge in [-0.05, 0) is 216 Å². The Morgan fingerprint density at radius 1 is 0.735 bits per heavy atom. The van der Waals surface area contributed by atoms with Crippen LogP contribution in [0, 0.1) is 110 Å². The normalized spacial score (nSPS) is 47.5. The first-order chi connectivity index (χ1) is 40.7. The van der Waals surface area contributed by atoms with E-state index in [2.05, 4.69) is 52.0 Å². The standard InChI is InChI=1S/C75H95N3O5/c76-34-11-18-46-17-8-21-57-63(46)68(80)83-75(57)62-38-47(44-13-4-5-14-44)23-24-48-36-56-55(45-15-2-1-3-16-45)37-49-25-26-59-50-35-51-43-78(59)66(49)64(56)54-27-33-73(75)67(82-69(81)74(62,73)65(48)54)61(79)39-60-52-40-70(28-6-7-29-70)72(41-52)32-12-31-71(72)30-10-20-53(71)19-9-22-58(51)77(60)42-50/h8,17,21,23-24,44-45,47-48,50-53,55-56,58-60,62,64,79H,1-7,10-16,18,20,22,25-43,76H2. The first kappa shape index (κ1) is 51.3. The quantitative estimate of drug-likeness (QED) is 0.171. The predicted molar refractivity (Wildman–Crippen MR) is 320 cm³/mol. The van der Waals surface area contributed by atoms with E-state index in [1.807, 2.05) is 0 Å². The number of fused-ring (bicyclic) bond motifs is 8. The summed E-state index contributed by atoms with van der Waals surface area (Å²) in [5.41, 5.74) is 13.1. The van der Waals surface area contributed by atoms with E-state index >= 15 is 9.59 Å². The van der Waals surface area contributed by atoms with Gasteiger partial charge < -0.3 is 25.2 Å². The lowest BCUT2D eigenvalue weighted by molar-refractivity contribution is -0.282. The fraction of sp³-hybridized carbons (Fsp3) is 0.760. The van der Waals surface area contributed by atoms with Crippen LogP contribution in [0.2, 0.25) is 0 Å². The van der Waals surface area contributed by atoms with Crippen molar-refractivity contribution in [1.29, 1.82) is 0 Å². The van der Waals surface area contributed by atoms with Crippen molar-refractivity contribution in [3.05, 3.63) is 81.0 Å². The highest BCUT2D eigenvalue weighted by molar-refractivity contribution is 6.00. The maximum Gasteiger partial charge on any atom is 0.339 e. The largest absolute Gasteiger partial charge is 0.509 e. The Balaban J connectivity index is 0.885. The number of carbonyl (C=O) groups excluding carboxylic acids is 2. The van der Waals surface area contributed by atoms with Crippen LogP contribution in [-0.4, -0.2) is 64.6 Å². The summed E-state index contributed by atoms with van der Waals surface area (Å²) < 4.78 is 15.1. The summed E-state index contributed by atoms with van der Waals surface area (Å²) in [6.07, 6.45) is 44.4. The van der Waals surface area contributed by atoms with Crippen LogP contribution in [0.15, 0.2) is 64.3 Å². The number of esters is 2. The van der Waals surface area contributed by atoms with Crippen molar-refractivity contribution in [3.8, 4) is 11.8 Å². The van der Waals surface area contributed by atoms with Crippen LogP contribution < -0.4 is 5.73 Å². The van der Waals surface area contributed by atoms with Crippen LogP contribution in [-0.2, 0) is 26.3 Å². The van der Waals surface area contributed by atoms with Gasteiger partial charge in [-0.3, -0.25) is 9.69 Å². The van der Waals surface area contributed by atoms with Gasteiger partial charge in [-0.15, -0.1) is 5.92 Å². The van der Waals surface area contributed by atoms with Gasteiger partial charge >= 0.3 is 11.9 Å². The van der Waals surface area contributed by atoms with E-state index < -0.39 is 16.4 Å². The molecule has 440 valence electrons. The molecule has 0 aromatic heterocycles. The number of allylic oxidation sites excluding steroid dienone is 4. The minimum Gasteiger partial charge on any atom is -0.509 e. The van der Waals surface area contributed by atoms with E-state index in [0.29, 0.717) is 107 Å². The number of aliphatic hydroxyl groups excluding tert-OH is 1. The van der Waals surface area contributed by atoms with E-state index in [9.17, 15) is 5.11 Å². The van der Waals surface area contributed by atoms with Crippen molar-refractivity contribution in [1.82, 2.24) is 9.80 Å². The first-order valence-electron chi connectivity index (χ1n) is 35.5.